The van der Waals surface area contributed by atoms with Gasteiger partial charge in [-0.15, -0.1) is 11.3 Å². The molecule has 7 heteroatoms. The largest absolute Gasteiger partial charge is 0.556 e. The van der Waals surface area contributed by atoms with Crippen molar-refractivity contribution in [2.75, 3.05) is 0 Å². The number of aryl methyl sites for hydroxylation is 1. The molecule has 0 saturated carbocycles. The summed E-state index contributed by atoms with van der Waals surface area (Å²) >= 11 is 1.61. The number of fused-ring (bicyclic) bond motifs is 9. The van der Waals surface area contributed by atoms with E-state index < -0.39 is 0 Å². The SMILES string of the molecule is CCn1c2ccccc2c2cc(-c3o[c-]c4c3c3ncsc3n3ccnc43)ccc21.[Ir]. The smallest absolute Gasteiger partial charge is 0.110 e. The number of pyridine rings is 1. The van der Waals surface area contributed by atoms with Crippen molar-refractivity contribution in [1.29, 1.82) is 0 Å². The van der Waals surface area contributed by atoms with Gasteiger partial charge in [0.2, 0.25) is 0 Å². The first-order valence-corrected chi connectivity index (χ1v) is 10.8. The summed E-state index contributed by atoms with van der Waals surface area (Å²) in [7, 11) is 0. The monoisotopic (exact) mass is 600 g/mol. The van der Waals surface area contributed by atoms with E-state index in [-0.39, 0.29) is 20.1 Å². The molecule has 2 aromatic carbocycles. The summed E-state index contributed by atoms with van der Waals surface area (Å²) in [6.07, 6.45) is 6.87. The van der Waals surface area contributed by atoms with E-state index in [2.05, 4.69) is 74.6 Å². The van der Waals surface area contributed by atoms with E-state index in [1.165, 1.54) is 21.8 Å². The number of aromatic nitrogens is 4. The molecule has 0 aliphatic carbocycles. The summed E-state index contributed by atoms with van der Waals surface area (Å²) in [6, 6.07) is 15.1. The number of hydrogen-bond acceptors (Lipinski definition) is 4. The molecule has 0 N–H and O–H groups in total. The van der Waals surface area contributed by atoms with Gasteiger partial charge in [0.25, 0.3) is 0 Å². The van der Waals surface area contributed by atoms with Crippen LogP contribution in [-0.2, 0) is 26.7 Å². The van der Waals surface area contributed by atoms with Crippen molar-refractivity contribution in [2.45, 2.75) is 13.5 Å². The molecule has 1 radical (unpaired) electrons. The molecule has 0 bridgehead atoms. The number of para-hydroxylation sites is 1. The Morgan fingerprint density at radius 3 is 2.84 bits per heavy atom. The quantitative estimate of drug-likeness (QED) is 0.220. The van der Waals surface area contributed by atoms with Crippen molar-refractivity contribution in [3.8, 4) is 11.3 Å². The maximum absolute atomic E-state index is 6.03. The number of nitrogens with zero attached hydrogens (tertiary/aromatic N) is 4. The Kier molecular flexibility index (Phi) is 4.09. The zero-order valence-electron chi connectivity index (χ0n) is 16.4. The second kappa shape index (κ2) is 6.75. The van der Waals surface area contributed by atoms with Gasteiger partial charge in [-0.05, 0) is 24.6 Å². The van der Waals surface area contributed by atoms with Gasteiger partial charge in [-0.3, -0.25) is 9.97 Å². The van der Waals surface area contributed by atoms with Crippen molar-refractivity contribution in [2.24, 2.45) is 0 Å². The number of thiazole rings is 1. The maximum atomic E-state index is 6.03. The summed E-state index contributed by atoms with van der Waals surface area (Å²) in [6.45, 7) is 3.11. The zero-order valence-corrected chi connectivity index (χ0v) is 19.6. The molecule has 153 valence electrons. The fraction of sp³-hybridized carbons (Fsp3) is 0.0833. The summed E-state index contributed by atoms with van der Waals surface area (Å²) in [4.78, 5) is 10.3. The van der Waals surface area contributed by atoms with Crippen molar-refractivity contribution in [3.63, 3.8) is 0 Å². The molecular weight excluding hydrogens is 585 g/mol. The van der Waals surface area contributed by atoms with Crippen LogP contribution in [0.15, 0.2) is 64.8 Å². The van der Waals surface area contributed by atoms with Crippen LogP contribution in [-0.4, -0.2) is 18.9 Å². The van der Waals surface area contributed by atoms with Gasteiger partial charge in [-0.1, -0.05) is 41.1 Å². The average molecular weight is 600 g/mol. The molecule has 0 fully saturated rings. The number of imidazole rings is 1. The van der Waals surface area contributed by atoms with Crippen LogP contribution in [0.4, 0.5) is 0 Å². The second-order valence-corrected chi connectivity index (χ2v) is 8.24. The molecule has 0 atom stereocenters. The Bertz CT molecular complexity index is 1720. The Morgan fingerprint density at radius 2 is 1.94 bits per heavy atom. The third-order valence-corrected chi connectivity index (χ3v) is 6.78. The first-order chi connectivity index (χ1) is 14.8. The molecule has 0 amide bonds. The van der Waals surface area contributed by atoms with Crippen molar-refractivity contribution in [3.05, 3.63) is 66.6 Å². The first kappa shape index (κ1) is 18.8. The fourth-order valence-corrected chi connectivity index (χ4v) is 5.46. The summed E-state index contributed by atoms with van der Waals surface area (Å²) < 4.78 is 10.4. The van der Waals surface area contributed by atoms with E-state index >= 15 is 0 Å². The molecule has 0 unspecified atom stereocenters. The van der Waals surface area contributed by atoms with Crippen LogP contribution in [0.3, 0.4) is 0 Å². The maximum Gasteiger partial charge on any atom is 0.110 e. The van der Waals surface area contributed by atoms with Gasteiger partial charge in [0.1, 0.15) is 4.83 Å². The summed E-state index contributed by atoms with van der Waals surface area (Å²) in [5, 5.41) is 4.32. The standard InChI is InChI=1S/C24H15N4OS.Ir/c1-2-27-18-6-4-3-5-15(18)16-11-14(7-8-19(16)27)22-20-17(12-29-22)23-25-9-10-28(23)24-21(20)26-13-30-24;/h3-11,13H,2H2,1H3;/q-1;. The molecular formula is C24H15IrN4OS-. The van der Waals surface area contributed by atoms with E-state index in [1.807, 2.05) is 11.7 Å². The minimum atomic E-state index is 0. The van der Waals surface area contributed by atoms with Gasteiger partial charge in [-0.25, -0.2) is 0 Å². The van der Waals surface area contributed by atoms with E-state index in [0.29, 0.717) is 0 Å². The Hall–Kier alpha value is -2.99. The molecule has 0 spiro atoms. The van der Waals surface area contributed by atoms with Crippen LogP contribution in [0.5, 0.6) is 0 Å². The van der Waals surface area contributed by atoms with E-state index in [1.54, 1.807) is 17.5 Å². The van der Waals surface area contributed by atoms with Crippen molar-refractivity contribution in [1.82, 2.24) is 18.9 Å². The number of benzene rings is 2. The zero-order chi connectivity index (χ0) is 19.8. The average Bonchev–Trinajstić information content (AvgIpc) is 3.56. The van der Waals surface area contributed by atoms with E-state index in [9.17, 15) is 0 Å². The third kappa shape index (κ3) is 2.39. The Morgan fingerprint density at radius 1 is 1.06 bits per heavy atom. The Balaban J connectivity index is 0.00000185. The van der Waals surface area contributed by atoms with Gasteiger partial charge < -0.3 is 13.4 Å². The molecule has 7 rings (SSSR count). The minimum absolute atomic E-state index is 0. The molecule has 31 heavy (non-hydrogen) atoms. The molecule has 5 nitrogen and oxygen atoms in total. The van der Waals surface area contributed by atoms with E-state index in [0.717, 1.165) is 44.6 Å². The van der Waals surface area contributed by atoms with Crippen molar-refractivity contribution < 1.29 is 24.5 Å². The van der Waals surface area contributed by atoms with Crippen LogP contribution < -0.4 is 0 Å². The first-order valence-electron chi connectivity index (χ1n) is 9.89. The molecule has 5 aromatic heterocycles. The number of rotatable bonds is 2. The summed E-state index contributed by atoms with van der Waals surface area (Å²) in [5.74, 6) is 0.793. The van der Waals surface area contributed by atoms with Crippen LogP contribution in [0, 0.1) is 6.26 Å². The molecule has 5 heterocycles. The molecule has 0 saturated heterocycles. The van der Waals surface area contributed by atoms with Gasteiger partial charge in [0, 0.05) is 72.9 Å². The Labute approximate surface area is 194 Å². The second-order valence-electron chi connectivity index (χ2n) is 7.40. The van der Waals surface area contributed by atoms with Crippen LogP contribution in [0.2, 0.25) is 0 Å². The normalized spacial score (nSPS) is 11.9. The van der Waals surface area contributed by atoms with E-state index in [4.69, 9.17) is 4.42 Å². The number of furan rings is 1. The fourth-order valence-electron chi connectivity index (χ4n) is 4.67. The third-order valence-electron chi connectivity index (χ3n) is 5.95. The summed E-state index contributed by atoms with van der Waals surface area (Å²) in [5.41, 5.74) is 7.16. The van der Waals surface area contributed by atoms with Gasteiger partial charge in [-0.2, -0.15) is 0 Å². The predicted molar refractivity (Wildman–Crippen MR) is 121 cm³/mol. The molecule has 0 aliphatic rings. The van der Waals surface area contributed by atoms with Crippen LogP contribution >= 0.6 is 11.3 Å². The molecule has 0 aliphatic heterocycles. The minimum Gasteiger partial charge on any atom is -0.556 e. The van der Waals surface area contributed by atoms with Gasteiger partial charge in [0.15, 0.2) is 0 Å². The topological polar surface area (TPSA) is 48.3 Å². The van der Waals surface area contributed by atoms with Gasteiger partial charge in [0.05, 0.1) is 16.7 Å². The van der Waals surface area contributed by atoms with Crippen molar-refractivity contribution >= 4 is 59.9 Å². The van der Waals surface area contributed by atoms with Gasteiger partial charge >= 0.3 is 0 Å². The van der Waals surface area contributed by atoms with Crippen LogP contribution in [0.25, 0.3) is 59.9 Å². The predicted octanol–water partition coefficient (Wildman–Crippen LogP) is 6.28. The number of hydrogen-bond donors (Lipinski definition) is 0. The molecule has 7 aromatic rings. The van der Waals surface area contributed by atoms with Crippen LogP contribution in [0.1, 0.15) is 6.92 Å².